The van der Waals surface area contributed by atoms with Gasteiger partial charge >= 0.3 is 0 Å². The van der Waals surface area contributed by atoms with Crippen molar-refractivity contribution in [3.63, 3.8) is 0 Å². The fourth-order valence-corrected chi connectivity index (χ4v) is 9.32. The molecule has 9 aromatic carbocycles. The summed E-state index contributed by atoms with van der Waals surface area (Å²) in [4.78, 5) is 0. The quantitative estimate of drug-likeness (QED) is 0.166. The first-order valence-electron chi connectivity index (χ1n) is 18.8. The predicted molar refractivity (Wildman–Crippen MR) is 225 cm³/mol. The third kappa shape index (κ3) is 4.69. The normalized spacial score (nSPS) is 12.7. The van der Waals surface area contributed by atoms with Gasteiger partial charge in [-0.1, -0.05) is 146 Å². The molecule has 3 heteroatoms. The van der Waals surface area contributed by atoms with Crippen LogP contribution in [0.3, 0.4) is 0 Å². The molecule has 0 N–H and O–H groups in total. The van der Waals surface area contributed by atoms with Crippen LogP contribution in [0.4, 0.5) is 8.78 Å². The summed E-state index contributed by atoms with van der Waals surface area (Å²) < 4.78 is 38.1. The van der Waals surface area contributed by atoms with Gasteiger partial charge in [-0.2, -0.15) is 0 Å². The summed E-state index contributed by atoms with van der Waals surface area (Å²) >= 11 is 0. The lowest BCUT2D eigenvalue weighted by molar-refractivity contribution is 0.590. The Hall–Kier alpha value is -6.84. The summed E-state index contributed by atoms with van der Waals surface area (Å²) in [7, 11) is 0. The van der Waals surface area contributed by atoms with Crippen LogP contribution in [0.1, 0.15) is 17.5 Å². The first-order valence-corrected chi connectivity index (χ1v) is 18.8. The highest BCUT2D eigenvalue weighted by Crippen LogP contribution is 2.51. The Labute approximate surface area is 316 Å². The maximum Gasteiger partial charge on any atom is 0.136 e. The van der Waals surface area contributed by atoms with Crippen LogP contribution in [0.15, 0.2) is 168 Å². The van der Waals surface area contributed by atoms with Crippen molar-refractivity contribution in [2.45, 2.75) is 12.8 Å². The van der Waals surface area contributed by atoms with E-state index in [0.29, 0.717) is 5.56 Å². The molecular weight excluding hydrogens is 679 g/mol. The molecule has 11 rings (SSSR count). The van der Waals surface area contributed by atoms with E-state index in [1.54, 1.807) is 0 Å². The minimum absolute atomic E-state index is 0.0145. The van der Waals surface area contributed by atoms with Crippen LogP contribution in [0.5, 0.6) is 0 Å². The standard InChI is InChI=1S/C52H32F2O/c53-42-27-14-28-43(54)52(42)49-38-23-10-8-21-36(38)48(37-22-9-11-24-39(37)49)41-26-13-30-45-51(41)50-40(25-12-29-44(50)55-45)47-34-19-6-4-17-32(34)46(31-15-2-1-3-16-31)33-18-5-7-20-35(33)47/h1-4,6-17,19-30H,5,18H2. The second-order valence-electron chi connectivity index (χ2n) is 14.4. The number of benzene rings is 9. The summed E-state index contributed by atoms with van der Waals surface area (Å²) in [5.41, 5.74) is 11.6. The van der Waals surface area contributed by atoms with Gasteiger partial charge in [0.15, 0.2) is 0 Å². The molecule has 0 atom stereocenters. The van der Waals surface area contributed by atoms with E-state index < -0.39 is 11.6 Å². The Balaban J connectivity index is 1.28. The van der Waals surface area contributed by atoms with Gasteiger partial charge in [0.05, 0.1) is 5.56 Å². The lowest BCUT2D eigenvalue weighted by Gasteiger charge is -2.24. The Morgan fingerprint density at radius 3 is 1.45 bits per heavy atom. The SMILES string of the molecule is Fc1cccc(F)c1-c1c2ccccc2c(-c2cccc3oc4cccc(-c5c6c(c(-c7ccccc7)c7ccccc57)CCC=C6)c4c23)c2ccccc12. The number of furan rings is 1. The Kier molecular flexibility index (Phi) is 7.12. The van der Waals surface area contributed by atoms with Gasteiger partial charge in [-0.15, -0.1) is 0 Å². The van der Waals surface area contributed by atoms with Gasteiger partial charge in [0, 0.05) is 16.3 Å². The lowest BCUT2D eigenvalue weighted by Crippen LogP contribution is -2.02. The molecule has 1 aromatic heterocycles. The molecule has 0 unspecified atom stereocenters. The number of hydrogen-bond acceptors (Lipinski definition) is 1. The van der Waals surface area contributed by atoms with E-state index in [4.69, 9.17) is 4.42 Å². The summed E-state index contributed by atoms with van der Waals surface area (Å²) in [6.07, 6.45) is 6.55. The van der Waals surface area contributed by atoms with Crippen molar-refractivity contribution in [2.24, 2.45) is 0 Å². The third-order valence-electron chi connectivity index (χ3n) is 11.5. The number of hydrogen-bond donors (Lipinski definition) is 0. The number of halogens is 2. The minimum Gasteiger partial charge on any atom is -0.456 e. The zero-order valence-electron chi connectivity index (χ0n) is 29.7. The van der Waals surface area contributed by atoms with Crippen molar-refractivity contribution >= 4 is 60.3 Å². The molecule has 1 aliphatic rings. The van der Waals surface area contributed by atoms with Crippen LogP contribution in [0, 0.1) is 11.6 Å². The van der Waals surface area contributed by atoms with Crippen LogP contribution in [0.2, 0.25) is 0 Å². The van der Waals surface area contributed by atoms with Gasteiger partial charge in [-0.3, -0.25) is 0 Å². The molecule has 0 spiro atoms. The Morgan fingerprint density at radius 2 is 0.873 bits per heavy atom. The zero-order chi connectivity index (χ0) is 36.6. The van der Waals surface area contributed by atoms with Crippen molar-refractivity contribution in [3.8, 4) is 44.5 Å². The number of allylic oxidation sites excluding steroid dienone is 1. The monoisotopic (exact) mass is 710 g/mol. The molecule has 1 heterocycles. The van der Waals surface area contributed by atoms with E-state index in [9.17, 15) is 0 Å². The molecule has 0 aliphatic heterocycles. The second kappa shape index (κ2) is 12.4. The topological polar surface area (TPSA) is 13.1 Å². The van der Waals surface area contributed by atoms with E-state index in [2.05, 4.69) is 103 Å². The smallest absolute Gasteiger partial charge is 0.136 e. The number of rotatable bonds is 4. The first kappa shape index (κ1) is 31.7. The van der Waals surface area contributed by atoms with Gasteiger partial charge in [0.1, 0.15) is 22.8 Å². The average molecular weight is 711 g/mol. The zero-order valence-corrected chi connectivity index (χ0v) is 29.7. The fraction of sp³-hybridized carbons (Fsp3) is 0.0385. The van der Waals surface area contributed by atoms with E-state index in [1.165, 1.54) is 56.8 Å². The van der Waals surface area contributed by atoms with E-state index in [0.717, 1.165) is 73.0 Å². The molecule has 260 valence electrons. The van der Waals surface area contributed by atoms with Crippen LogP contribution in [0.25, 0.3) is 105 Å². The van der Waals surface area contributed by atoms with Crippen LogP contribution in [-0.2, 0) is 6.42 Å². The van der Waals surface area contributed by atoms with Crippen LogP contribution >= 0.6 is 0 Å². The van der Waals surface area contributed by atoms with E-state index in [-0.39, 0.29) is 5.56 Å². The van der Waals surface area contributed by atoms with E-state index in [1.807, 2.05) is 48.5 Å². The summed E-state index contributed by atoms with van der Waals surface area (Å²) in [6, 6.07) is 52.3. The fourth-order valence-electron chi connectivity index (χ4n) is 9.32. The van der Waals surface area contributed by atoms with Gasteiger partial charge in [-0.25, -0.2) is 8.78 Å². The molecule has 0 saturated heterocycles. The molecule has 1 nitrogen and oxygen atoms in total. The summed E-state index contributed by atoms with van der Waals surface area (Å²) in [5, 5.41) is 7.88. The molecular formula is C52H32F2O. The molecule has 10 aromatic rings. The number of fused-ring (bicyclic) bond motifs is 7. The van der Waals surface area contributed by atoms with Crippen molar-refractivity contribution < 1.29 is 13.2 Å². The maximum atomic E-state index is 15.7. The lowest BCUT2D eigenvalue weighted by atomic mass is 9.79. The van der Waals surface area contributed by atoms with Crippen molar-refractivity contribution in [1.82, 2.24) is 0 Å². The summed E-state index contributed by atoms with van der Waals surface area (Å²) in [5.74, 6) is -1.17. The van der Waals surface area contributed by atoms with Crippen molar-refractivity contribution in [1.29, 1.82) is 0 Å². The van der Waals surface area contributed by atoms with Gasteiger partial charge in [0.2, 0.25) is 0 Å². The van der Waals surface area contributed by atoms with Crippen LogP contribution in [-0.4, -0.2) is 0 Å². The molecule has 0 fully saturated rings. The highest BCUT2D eigenvalue weighted by atomic mass is 19.1. The molecule has 0 bridgehead atoms. The minimum atomic E-state index is -0.585. The molecule has 0 radical (unpaired) electrons. The highest BCUT2D eigenvalue weighted by molar-refractivity contribution is 6.28. The maximum absolute atomic E-state index is 15.7. The van der Waals surface area contributed by atoms with E-state index >= 15 is 8.78 Å². The van der Waals surface area contributed by atoms with Gasteiger partial charge < -0.3 is 4.42 Å². The molecule has 0 amide bonds. The highest BCUT2D eigenvalue weighted by Gasteiger charge is 2.27. The Bertz CT molecular complexity index is 3150. The summed E-state index contributed by atoms with van der Waals surface area (Å²) in [6.45, 7) is 0. The molecule has 0 saturated carbocycles. The average Bonchev–Trinajstić information content (AvgIpc) is 3.62. The first-order chi connectivity index (χ1) is 27.2. The second-order valence-corrected chi connectivity index (χ2v) is 14.4. The molecule has 55 heavy (non-hydrogen) atoms. The van der Waals surface area contributed by atoms with Gasteiger partial charge in [-0.05, 0) is 114 Å². The van der Waals surface area contributed by atoms with Crippen LogP contribution < -0.4 is 0 Å². The molecule has 1 aliphatic carbocycles. The van der Waals surface area contributed by atoms with Crippen molar-refractivity contribution in [3.05, 3.63) is 187 Å². The third-order valence-corrected chi connectivity index (χ3v) is 11.5. The van der Waals surface area contributed by atoms with Crippen molar-refractivity contribution in [2.75, 3.05) is 0 Å². The largest absolute Gasteiger partial charge is 0.456 e. The van der Waals surface area contributed by atoms with Gasteiger partial charge in [0.25, 0.3) is 0 Å². The Morgan fingerprint density at radius 1 is 0.400 bits per heavy atom. The predicted octanol–water partition coefficient (Wildman–Crippen LogP) is 15.0.